The first kappa shape index (κ1) is 22.3. The molecule has 6 atom stereocenters. The Balaban J connectivity index is 1.39. The summed E-state index contributed by atoms with van der Waals surface area (Å²) >= 11 is 1.51. The molecule has 0 aliphatic carbocycles. The van der Waals surface area contributed by atoms with Gasteiger partial charge in [-0.05, 0) is 13.3 Å². The lowest BCUT2D eigenvalue weighted by molar-refractivity contribution is -0.163. The molecule has 2 amide bonds. The van der Waals surface area contributed by atoms with E-state index in [0.29, 0.717) is 24.5 Å². The number of carboxylic acid groups (broad SMARTS) is 1. The molecule has 4 N–H and O–H groups in total. The van der Waals surface area contributed by atoms with Crippen LogP contribution in [-0.2, 0) is 14.4 Å². The molecule has 0 aromatic carbocycles. The number of amides is 2. The second-order valence-electron chi connectivity index (χ2n) is 8.70. The molecular formula is C21H30N4O5S. The fraction of sp³-hybridized carbons (Fsp3) is 0.667. The monoisotopic (exact) mass is 450 g/mol. The molecule has 3 saturated heterocycles. The number of carbonyl (C=O) groups is 3. The van der Waals surface area contributed by atoms with Crippen molar-refractivity contribution in [2.75, 3.05) is 32.7 Å². The maximum atomic E-state index is 12.5. The van der Waals surface area contributed by atoms with E-state index in [4.69, 9.17) is 0 Å². The van der Waals surface area contributed by atoms with Gasteiger partial charge in [0.15, 0.2) is 0 Å². The van der Waals surface area contributed by atoms with Gasteiger partial charge in [0.2, 0.25) is 11.8 Å². The first-order valence-electron chi connectivity index (χ1n) is 10.9. The van der Waals surface area contributed by atoms with Crippen molar-refractivity contribution in [2.45, 2.75) is 43.7 Å². The second kappa shape index (κ2) is 8.93. The van der Waals surface area contributed by atoms with Gasteiger partial charge >= 0.3 is 5.97 Å². The molecule has 0 unspecified atom stereocenters. The number of nitrogens with one attached hydrogen (secondary N) is 2. The lowest BCUT2D eigenvalue weighted by Gasteiger charge is -2.46. The molecule has 4 aliphatic rings. The largest absolute Gasteiger partial charge is 0.477 e. The highest BCUT2D eigenvalue weighted by molar-refractivity contribution is 8.03. The zero-order chi connectivity index (χ0) is 22.3. The normalized spacial score (nSPS) is 34.3. The number of rotatable bonds is 6. The molecule has 4 heterocycles. The molecular weight excluding hydrogens is 420 g/mol. The van der Waals surface area contributed by atoms with Crippen molar-refractivity contribution in [3.8, 4) is 0 Å². The number of nitrogens with zero attached hydrogens (tertiary/aromatic N) is 2. The van der Waals surface area contributed by atoms with Crippen molar-refractivity contribution in [1.29, 1.82) is 0 Å². The Hall–Kier alpha value is -1.88. The van der Waals surface area contributed by atoms with E-state index in [2.05, 4.69) is 10.6 Å². The number of hydrogen-bond acceptors (Lipinski definition) is 7. The van der Waals surface area contributed by atoms with Crippen LogP contribution in [0.25, 0.3) is 0 Å². The average molecular weight is 451 g/mol. The van der Waals surface area contributed by atoms with Crippen LogP contribution < -0.4 is 10.6 Å². The summed E-state index contributed by atoms with van der Waals surface area (Å²) in [6.45, 7) is 7.27. The van der Waals surface area contributed by atoms with Crippen molar-refractivity contribution in [3.63, 3.8) is 0 Å². The summed E-state index contributed by atoms with van der Waals surface area (Å²) < 4.78 is 0. The zero-order valence-corrected chi connectivity index (χ0v) is 18.6. The summed E-state index contributed by atoms with van der Waals surface area (Å²) in [6, 6.07) is -0.235. The number of carboxylic acids is 1. The number of aliphatic hydroxyl groups excluding tert-OH is 1. The van der Waals surface area contributed by atoms with Crippen LogP contribution in [0.4, 0.5) is 0 Å². The molecule has 0 radical (unpaired) electrons. The maximum Gasteiger partial charge on any atom is 0.353 e. The van der Waals surface area contributed by atoms with Crippen molar-refractivity contribution < 1.29 is 24.6 Å². The Labute approximate surface area is 185 Å². The SMILES string of the molecule is C[C@@H](O)[C@H]1C(=O)N2C(C(=O)O)=C(S[C@@H]3CN[C@H](/C=C/C(=O)N4CCNCC4)C3)[C@H](C)[C@H]12. The number of hydrogen-bond donors (Lipinski definition) is 4. The summed E-state index contributed by atoms with van der Waals surface area (Å²) in [6.07, 6.45) is 3.51. The lowest BCUT2D eigenvalue weighted by Crippen LogP contribution is -2.63. The lowest BCUT2D eigenvalue weighted by atomic mass is 9.79. The Morgan fingerprint density at radius 3 is 2.65 bits per heavy atom. The Morgan fingerprint density at radius 1 is 1.29 bits per heavy atom. The third kappa shape index (κ3) is 4.13. The van der Waals surface area contributed by atoms with E-state index in [1.54, 1.807) is 13.0 Å². The maximum absolute atomic E-state index is 12.5. The summed E-state index contributed by atoms with van der Waals surface area (Å²) in [7, 11) is 0. The molecule has 0 saturated carbocycles. The molecule has 10 heteroatoms. The Morgan fingerprint density at radius 2 is 2.00 bits per heavy atom. The zero-order valence-electron chi connectivity index (χ0n) is 17.8. The van der Waals surface area contributed by atoms with Gasteiger partial charge in [0.1, 0.15) is 5.70 Å². The van der Waals surface area contributed by atoms with Crippen LogP contribution in [0.15, 0.2) is 22.8 Å². The van der Waals surface area contributed by atoms with Gasteiger partial charge in [-0.25, -0.2) is 4.79 Å². The van der Waals surface area contributed by atoms with E-state index in [9.17, 15) is 24.6 Å². The van der Waals surface area contributed by atoms with Gasteiger partial charge < -0.3 is 30.6 Å². The molecule has 0 aromatic heterocycles. The Kier molecular flexibility index (Phi) is 6.43. The number of β-lactam (4-membered cyclic amide) rings is 1. The minimum atomic E-state index is -1.10. The van der Waals surface area contributed by atoms with Gasteiger partial charge in [-0.3, -0.25) is 9.59 Å². The molecule has 0 bridgehead atoms. The van der Waals surface area contributed by atoms with E-state index >= 15 is 0 Å². The van der Waals surface area contributed by atoms with Crippen molar-refractivity contribution in [1.82, 2.24) is 20.4 Å². The predicted octanol–water partition coefficient (Wildman–Crippen LogP) is -0.408. The van der Waals surface area contributed by atoms with Crippen LogP contribution in [0.5, 0.6) is 0 Å². The molecule has 4 aliphatic heterocycles. The quantitative estimate of drug-likeness (QED) is 0.318. The van der Waals surface area contributed by atoms with E-state index < -0.39 is 18.0 Å². The fourth-order valence-corrected chi connectivity index (χ4v) is 6.51. The number of piperazine rings is 1. The highest BCUT2D eigenvalue weighted by Crippen LogP contribution is 2.51. The summed E-state index contributed by atoms with van der Waals surface area (Å²) in [5, 5.41) is 26.5. The molecule has 31 heavy (non-hydrogen) atoms. The molecule has 0 spiro atoms. The molecule has 9 nitrogen and oxygen atoms in total. The third-order valence-electron chi connectivity index (χ3n) is 6.63. The first-order chi connectivity index (χ1) is 14.8. The first-order valence-corrected chi connectivity index (χ1v) is 11.7. The van der Waals surface area contributed by atoms with Crippen LogP contribution in [0, 0.1) is 11.8 Å². The van der Waals surface area contributed by atoms with Gasteiger partial charge in [-0.2, -0.15) is 0 Å². The van der Waals surface area contributed by atoms with Gasteiger partial charge in [0.05, 0.1) is 18.1 Å². The third-order valence-corrected chi connectivity index (χ3v) is 8.14. The minimum Gasteiger partial charge on any atom is -0.477 e. The standard InChI is InChI=1S/C21H30N4O5S/c1-11-17-16(12(2)26)20(28)25(17)18(21(29)30)19(11)31-14-9-13(23-10-14)3-4-15(27)24-7-5-22-6-8-24/h3-4,11-14,16-17,22-23,26H,5-10H2,1-2H3,(H,29,30)/b4-3+/t11-,12-,13-,14+,16-,17-/m1/s1. The van der Waals surface area contributed by atoms with Crippen molar-refractivity contribution in [3.05, 3.63) is 22.8 Å². The second-order valence-corrected chi connectivity index (χ2v) is 10.0. The van der Waals surface area contributed by atoms with Crippen LogP contribution in [0.3, 0.4) is 0 Å². The topological polar surface area (TPSA) is 122 Å². The number of carbonyl (C=O) groups excluding carboxylic acids is 2. The summed E-state index contributed by atoms with van der Waals surface area (Å²) in [5.74, 6) is -2.06. The fourth-order valence-electron chi connectivity index (χ4n) is 5.02. The number of aliphatic carboxylic acids is 1. The van der Waals surface area contributed by atoms with Gasteiger partial charge in [0, 0.05) is 60.9 Å². The summed E-state index contributed by atoms with van der Waals surface area (Å²) in [5.41, 5.74) is 0.0669. The van der Waals surface area contributed by atoms with Gasteiger partial charge in [0.25, 0.3) is 0 Å². The summed E-state index contributed by atoms with van der Waals surface area (Å²) in [4.78, 5) is 40.6. The van der Waals surface area contributed by atoms with Gasteiger partial charge in [-0.15, -0.1) is 11.8 Å². The molecule has 0 aromatic rings. The predicted molar refractivity (Wildman–Crippen MR) is 116 cm³/mol. The van der Waals surface area contributed by atoms with Crippen LogP contribution in [0.2, 0.25) is 0 Å². The van der Waals surface area contributed by atoms with E-state index in [1.807, 2.05) is 17.9 Å². The molecule has 170 valence electrons. The Bertz CT molecular complexity index is 823. The highest BCUT2D eigenvalue weighted by atomic mass is 32.2. The number of thioether (sulfide) groups is 1. The van der Waals surface area contributed by atoms with Crippen LogP contribution >= 0.6 is 11.8 Å². The molecule has 4 rings (SSSR count). The average Bonchev–Trinajstić information content (AvgIpc) is 3.28. The smallest absolute Gasteiger partial charge is 0.353 e. The van der Waals surface area contributed by atoms with Crippen molar-refractivity contribution in [2.24, 2.45) is 11.8 Å². The van der Waals surface area contributed by atoms with Gasteiger partial charge in [-0.1, -0.05) is 13.0 Å². The number of fused-ring (bicyclic) bond motifs is 1. The minimum absolute atomic E-state index is 0.0201. The van der Waals surface area contributed by atoms with Crippen LogP contribution in [0.1, 0.15) is 20.3 Å². The van der Waals surface area contributed by atoms with Crippen LogP contribution in [-0.4, -0.2) is 94.0 Å². The van der Waals surface area contributed by atoms with E-state index in [1.165, 1.54) is 16.7 Å². The highest BCUT2D eigenvalue weighted by Gasteiger charge is 2.60. The molecule has 3 fully saturated rings. The van der Waals surface area contributed by atoms with E-state index in [0.717, 1.165) is 19.5 Å². The number of aliphatic hydroxyl groups is 1. The van der Waals surface area contributed by atoms with Crippen molar-refractivity contribution >= 4 is 29.5 Å². The van der Waals surface area contributed by atoms with E-state index in [-0.39, 0.29) is 40.8 Å².